The minimum Gasteiger partial charge on any atom is -0.398 e. The Morgan fingerprint density at radius 2 is 1.34 bits per heavy atom. The number of rotatable bonds is 5. The first kappa shape index (κ1) is 32.2. The number of nitrogens with two attached hydrogens (primary N) is 1. The zero-order valence-electron chi connectivity index (χ0n) is 28.2. The second-order valence-electron chi connectivity index (χ2n) is 12.6. The summed E-state index contributed by atoms with van der Waals surface area (Å²) in [5, 5.41) is 2.30. The predicted octanol–water partition coefficient (Wildman–Crippen LogP) is 10.4. The van der Waals surface area contributed by atoms with Crippen molar-refractivity contribution in [2.24, 2.45) is 0 Å². The van der Waals surface area contributed by atoms with Crippen LogP contribution in [-0.4, -0.2) is 0 Å². The Bertz CT molecular complexity index is 2400. The van der Waals surface area contributed by atoms with E-state index in [0.29, 0.717) is 12.1 Å². The number of benzene rings is 5. The molecule has 0 fully saturated rings. The molecule has 0 unspecified atom stereocenters. The highest BCUT2D eigenvalue weighted by Crippen LogP contribution is 2.38. The normalized spacial score (nSPS) is 17.2. The van der Waals surface area contributed by atoms with Crippen molar-refractivity contribution in [1.29, 1.82) is 0 Å². The molecule has 2 aliphatic rings. The minimum absolute atomic E-state index is 0.695. The highest BCUT2D eigenvalue weighted by molar-refractivity contribution is 5.92. The highest BCUT2D eigenvalue weighted by Gasteiger charge is 2.22. The largest absolute Gasteiger partial charge is 0.398 e. The van der Waals surface area contributed by atoms with E-state index in [9.17, 15) is 0 Å². The summed E-state index contributed by atoms with van der Waals surface area (Å²) >= 11 is 0. The predicted molar refractivity (Wildman–Crippen MR) is 217 cm³/mol. The maximum Gasteiger partial charge on any atom is 0.0569 e. The molecule has 0 amide bonds. The van der Waals surface area contributed by atoms with Gasteiger partial charge in [-0.15, -0.1) is 0 Å². The Morgan fingerprint density at radius 3 is 2.14 bits per heavy atom. The average molecular weight is 645 g/mol. The lowest BCUT2D eigenvalue weighted by Crippen LogP contribution is -2.36. The number of anilines is 2. The van der Waals surface area contributed by atoms with Gasteiger partial charge < -0.3 is 10.6 Å². The summed E-state index contributed by atoms with van der Waals surface area (Å²) in [6.45, 7) is 13.4. The molecule has 2 N–H and O–H groups in total. The van der Waals surface area contributed by atoms with Crippen molar-refractivity contribution in [3.63, 3.8) is 0 Å². The zero-order valence-corrected chi connectivity index (χ0v) is 28.2. The third-order valence-electron chi connectivity index (χ3n) is 9.37. The summed E-state index contributed by atoms with van der Waals surface area (Å²) in [6.07, 6.45) is 20.7. The Kier molecular flexibility index (Phi) is 9.26. The van der Waals surface area contributed by atoms with E-state index in [1.54, 1.807) is 0 Å². The molecule has 5 aromatic rings. The van der Waals surface area contributed by atoms with E-state index in [2.05, 4.69) is 164 Å². The van der Waals surface area contributed by atoms with Gasteiger partial charge in [-0.2, -0.15) is 0 Å². The van der Waals surface area contributed by atoms with Gasteiger partial charge in [-0.1, -0.05) is 165 Å². The molecule has 242 valence electrons. The minimum atomic E-state index is 0.695. The van der Waals surface area contributed by atoms with E-state index in [1.807, 2.05) is 24.3 Å². The Morgan fingerprint density at radius 1 is 0.640 bits per heavy atom. The molecular formula is C48H40N2. The van der Waals surface area contributed by atoms with Gasteiger partial charge in [-0.25, -0.2) is 0 Å². The molecule has 5 aromatic carbocycles. The zero-order chi connectivity index (χ0) is 34.5. The fourth-order valence-electron chi connectivity index (χ4n) is 6.85. The monoisotopic (exact) mass is 644 g/mol. The van der Waals surface area contributed by atoms with Crippen LogP contribution in [0.25, 0.3) is 46.7 Å². The molecule has 0 radical (unpaired) electrons. The second-order valence-corrected chi connectivity index (χ2v) is 12.6. The fraction of sp³-hybridized carbons (Fsp3) is 0.0417. The SMILES string of the molecule is C=Cc1ccccc1/C=C\c1ccccc1-c1cc(N2C(=C)/C=C\c3ccccc3CC(=C)/C2=c2/cccc/c2=C2\C=CC=CC2)ccc1N. The van der Waals surface area contributed by atoms with Crippen LogP contribution in [0.4, 0.5) is 11.4 Å². The first-order valence-electron chi connectivity index (χ1n) is 17.0. The third kappa shape index (κ3) is 6.52. The maximum atomic E-state index is 6.81. The molecule has 50 heavy (non-hydrogen) atoms. The molecule has 1 heterocycles. The molecule has 0 saturated carbocycles. The van der Waals surface area contributed by atoms with Gasteiger partial charge in [0.25, 0.3) is 0 Å². The average Bonchev–Trinajstić information content (AvgIpc) is 3.21. The summed E-state index contributed by atoms with van der Waals surface area (Å²) < 4.78 is 0. The lowest BCUT2D eigenvalue weighted by molar-refractivity contribution is 1.14. The van der Waals surface area contributed by atoms with Gasteiger partial charge in [0.1, 0.15) is 0 Å². The summed E-state index contributed by atoms with van der Waals surface area (Å²) in [5.74, 6) is 0. The Labute approximate surface area is 295 Å². The van der Waals surface area contributed by atoms with Gasteiger partial charge in [-0.05, 0) is 86.9 Å². The van der Waals surface area contributed by atoms with Crippen molar-refractivity contribution in [3.8, 4) is 11.1 Å². The molecule has 0 atom stereocenters. The number of nitrogen functional groups attached to an aromatic ring is 1. The number of hydrogen-bond donors (Lipinski definition) is 1. The molecule has 2 heteroatoms. The molecular weight excluding hydrogens is 605 g/mol. The van der Waals surface area contributed by atoms with Crippen molar-refractivity contribution in [1.82, 2.24) is 0 Å². The van der Waals surface area contributed by atoms with Crippen molar-refractivity contribution >= 4 is 46.9 Å². The van der Waals surface area contributed by atoms with Crippen LogP contribution < -0.4 is 21.1 Å². The van der Waals surface area contributed by atoms with Crippen LogP contribution in [0, 0.1) is 0 Å². The van der Waals surface area contributed by atoms with Crippen LogP contribution in [-0.2, 0) is 6.42 Å². The molecule has 0 saturated heterocycles. The lowest BCUT2D eigenvalue weighted by atomic mass is 9.94. The van der Waals surface area contributed by atoms with E-state index < -0.39 is 0 Å². The molecule has 0 spiro atoms. The van der Waals surface area contributed by atoms with Gasteiger partial charge in [0.15, 0.2) is 0 Å². The van der Waals surface area contributed by atoms with Gasteiger partial charge in [-0.3, -0.25) is 0 Å². The molecule has 2 nitrogen and oxygen atoms in total. The summed E-state index contributed by atoms with van der Waals surface area (Å²) in [5.41, 5.74) is 20.3. The number of nitrogens with zero attached hydrogens (tertiary/aromatic N) is 1. The quantitative estimate of drug-likeness (QED) is 0.152. The first-order valence-corrected chi connectivity index (χ1v) is 17.0. The van der Waals surface area contributed by atoms with E-state index in [1.165, 1.54) is 16.4 Å². The standard InChI is InChI=1S/C48H40N2/c1-4-36-16-8-9-17-37(36)28-29-40-21-12-13-24-44(40)46-33-42(30-31-47(46)49)50-35(3)26-27-38-18-10-11-22-41(38)32-34(2)48(50)45-25-15-14-23-43(45)39-19-6-5-7-20-39/h4-19,21-31,33H,1-3,20,32,49H2/b27-26-,29-28-,43-39-,48-45+. The smallest absolute Gasteiger partial charge is 0.0569 e. The van der Waals surface area contributed by atoms with Crippen LogP contribution >= 0.6 is 0 Å². The molecule has 1 aliphatic heterocycles. The van der Waals surface area contributed by atoms with E-state index >= 15 is 0 Å². The van der Waals surface area contributed by atoms with E-state index in [0.717, 1.165) is 67.7 Å². The first-order chi connectivity index (χ1) is 24.5. The lowest BCUT2D eigenvalue weighted by Gasteiger charge is -2.30. The number of fused-ring (bicyclic) bond motifs is 1. The van der Waals surface area contributed by atoms with Crippen LogP contribution in [0.1, 0.15) is 34.2 Å². The Hall–Kier alpha value is -6.38. The van der Waals surface area contributed by atoms with Crippen molar-refractivity contribution < 1.29 is 0 Å². The van der Waals surface area contributed by atoms with Crippen LogP contribution in [0.3, 0.4) is 0 Å². The Balaban J connectivity index is 1.45. The van der Waals surface area contributed by atoms with Gasteiger partial charge in [0, 0.05) is 27.9 Å². The van der Waals surface area contributed by atoms with Crippen molar-refractivity contribution in [3.05, 3.63) is 215 Å². The van der Waals surface area contributed by atoms with Crippen molar-refractivity contribution in [2.45, 2.75) is 12.8 Å². The van der Waals surface area contributed by atoms with E-state index in [4.69, 9.17) is 12.3 Å². The van der Waals surface area contributed by atoms with Crippen LogP contribution in [0.2, 0.25) is 0 Å². The molecule has 1 aliphatic carbocycles. The fourth-order valence-corrected chi connectivity index (χ4v) is 6.85. The molecule has 7 rings (SSSR count). The van der Waals surface area contributed by atoms with Gasteiger partial charge in [0.2, 0.25) is 0 Å². The van der Waals surface area contributed by atoms with Crippen LogP contribution in [0.15, 0.2) is 177 Å². The van der Waals surface area contributed by atoms with Crippen LogP contribution in [0.5, 0.6) is 0 Å². The topological polar surface area (TPSA) is 29.3 Å². The van der Waals surface area contributed by atoms with Gasteiger partial charge >= 0.3 is 0 Å². The highest BCUT2D eigenvalue weighted by atomic mass is 15.2. The third-order valence-corrected chi connectivity index (χ3v) is 9.37. The summed E-state index contributed by atoms with van der Waals surface area (Å²) in [6, 6.07) is 40.1. The molecule has 0 aromatic heterocycles. The van der Waals surface area contributed by atoms with E-state index in [-0.39, 0.29) is 0 Å². The maximum absolute atomic E-state index is 6.81. The van der Waals surface area contributed by atoms with Crippen molar-refractivity contribution in [2.75, 3.05) is 10.6 Å². The molecule has 0 bridgehead atoms. The summed E-state index contributed by atoms with van der Waals surface area (Å²) in [4.78, 5) is 2.26. The number of hydrogen-bond acceptors (Lipinski definition) is 2. The van der Waals surface area contributed by atoms with Gasteiger partial charge in [0.05, 0.1) is 5.70 Å². The second kappa shape index (κ2) is 14.4. The number of allylic oxidation sites excluding steroid dienone is 5. The summed E-state index contributed by atoms with van der Waals surface area (Å²) in [7, 11) is 0.